The number of hydrogen-bond acceptors (Lipinski definition) is 5. The van der Waals surface area contributed by atoms with E-state index in [1.807, 2.05) is 13.8 Å². The molecule has 2 heterocycles. The number of carbonyl (C=O) groups excluding carboxylic acids is 2. The first-order valence-corrected chi connectivity index (χ1v) is 8.88. The maximum Gasteiger partial charge on any atom is 0.317 e. The molecule has 1 aromatic carbocycles. The van der Waals surface area contributed by atoms with E-state index in [1.54, 1.807) is 36.3 Å². The van der Waals surface area contributed by atoms with Crippen LogP contribution in [0.15, 0.2) is 24.4 Å². The molecule has 1 aromatic heterocycles. The predicted octanol–water partition coefficient (Wildman–Crippen LogP) is 1.91. The van der Waals surface area contributed by atoms with Crippen molar-refractivity contribution in [2.45, 2.75) is 32.4 Å². The van der Waals surface area contributed by atoms with Crippen LogP contribution >= 0.6 is 0 Å². The molecule has 1 fully saturated rings. The van der Waals surface area contributed by atoms with Gasteiger partial charge in [-0.3, -0.25) is 4.79 Å². The second-order valence-electron chi connectivity index (χ2n) is 6.88. The van der Waals surface area contributed by atoms with E-state index in [0.29, 0.717) is 36.8 Å². The number of nitrogens with zero attached hydrogens (tertiary/aromatic N) is 2. The fourth-order valence-electron chi connectivity index (χ4n) is 3.04. The molecule has 8 nitrogen and oxygen atoms in total. The van der Waals surface area contributed by atoms with Crippen LogP contribution in [0.2, 0.25) is 0 Å². The highest BCUT2D eigenvalue weighted by Gasteiger charge is 2.25. The molecule has 2 aromatic rings. The normalized spacial score (nSPS) is 16.7. The second-order valence-corrected chi connectivity index (χ2v) is 6.88. The summed E-state index contributed by atoms with van der Waals surface area (Å²) in [6.45, 7) is 4.81. The lowest BCUT2D eigenvalue weighted by Gasteiger charge is -2.16. The van der Waals surface area contributed by atoms with Crippen LogP contribution in [0, 0.1) is 0 Å². The summed E-state index contributed by atoms with van der Waals surface area (Å²) in [5.74, 6) is 0.315. The predicted molar refractivity (Wildman–Crippen MR) is 101 cm³/mol. The van der Waals surface area contributed by atoms with Crippen molar-refractivity contribution >= 4 is 22.7 Å². The largest absolute Gasteiger partial charge is 0.490 e. The van der Waals surface area contributed by atoms with E-state index in [0.717, 1.165) is 10.8 Å². The number of primary amides is 1. The van der Waals surface area contributed by atoms with Gasteiger partial charge in [-0.2, -0.15) is 0 Å². The van der Waals surface area contributed by atoms with Crippen LogP contribution < -0.4 is 20.5 Å². The molecule has 0 bridgehead atoms. The van der Waals surface area contributed by atoms with Crippen LogP contribution in [0.1, 0.15) is 30.6 Å². The van der Waals surface area contributed by atoms with Gasteiger partial charge in [0.2, 0.25) is 5.88 Å². The monoisotopic (exact) mass is 372 g/mol. The smallest absolute Gasteiger partial charge is 0.317 e. The summed E-state index contributed by atoms with van der Waals surface area (Å²) in [6, 6.07) is 5.20. The van der Waals surface area contributed by atoms with E-state index in [2.05, 4.69) is 10.3 Å². The Bertz CT molecular complexity index is 868. The van der Waals surface area contributed by atoms with Crippen molar-refractivity contribution in [1.82, 2.24) is 15.2 Å². The number of urea groups is 1. The number of ether oxygens (including phenoxy) is 2. The zero-order chi connectivity index (χ0) is 19.6. The maximum absolute atomic E-state index is 11.8. The van der Waals surface area contributed by atoms with E-state index >= 15 is 0 Å². The molecule has 0 radical (unpaired) electrons. The van der Waals surface area contributed by atoms with Gasteiger partial charge in [0, 0.05) is 31.6 Å². The number of aromatic nitrogens is 1. The van der Waals surface area contributed by atoms with Crippen LogP contribution in [0.3, 0.4) is 0 Å². The van der Waals surface area contributed by atoms with Gasteiger partial charge in [-0.1, -0.05) is 0 Å². The SMILES string of the molecule is CC(C)Oc1cc2c(OCC[C@@H]3CN(C)C(=O)N3)nccc2cc1C(N)=O. The Hall–Kier alpha value is -3.03. The van der Waals surface area contributed by atoms with Crippen LogP contribution in [0.25, 0.3) is 10.8 Å². The van der Waals surface area contributed by atoms with Crippen LogP contribution in [-0.4, -0.2) is 54.2 Å². The van der Waals surface area contributed by atoms with E-state index in [9.17, 15) is 9.59 Å². The molecule has 1 saturated heterocycles. The Morgan fingerprint density at radius 1 is 1.44 bits per heavy atom. The number of pyridine rings is 1. The van der Waals surface area contributed by atoms with Crippen molar-refractivity contribution in [3.05, 3.63) is 30.0 Å². The molecular formula is C19H24N4O4. The quantitative estimate of drug-likeness (QED) is 0.772. The Labute approximate surface area is 157 Å². The van der Waals surface area contributed by atoms with Gasteiger partial charge in [-0.05, 0) is 37.4 Å². The second kappa shape index (κ2) is 7.69. The number of hydrogen-bond donors (Lipinski definition) is 2. The topological polar surface area (TPSA) is 107 Å². The lowest BCUT2D eigenvalue weighted by Crippen LogP contribution is -2.28. The summed E-state index contributed by atoms with van der Waals surface area (Å²) in [5, 5.41) is 4.42. The maximum atomic E-state index is 11.8. The highest BCUT2D eigenvalue weighted by Crippen LogP contribution is 2.31. The summed E-state index contributed by atoms with van der Waals surface area (Å²) in [5.41, 5.74) is 5.81. The van der Waals surface area contributed by atoms with Gasteiger partial charge in [0.15, 0.2) is 0 Å². The number of benzene rings is 1. The van der Waals surface area contributed by atoms with Crippen molar-refractivity contribution in [3.63, 3.8) is 0 Å². The fourth-order valence-corrected chi connectivity index (χ4v) is 3.04. The highest BCUT2D eigenvalue weighted by molar-refractivity contribution is 6.01. The van der Waals surface area contributed by atoms with E-state index in [1.165, 1.54) is 0 Å². The Kier molecular flexibility index (Phi) is 5.34. The molecule has 144 valence electrons. The van der Waals surface area contributed by atoms with Crippen molar-refractivity contribution in [2.75, 3.05) is 20.2 Å². The number of nitrogens with two attached hydrogens (primary N) is 1. The van der Waals surface area contributed by atoms with Gasteiger partial charge in [-0.15, -0.1) is 0 Å². The molecule has 0 unspecified atom stereocenters. The third kappa shape index (κ3) is 4.21. The summed E-state index contributed by atoms with van der Waals surface area (Å²) >= 11 is 0. The minimum atomic E-state index is -0.548. The molecule has 27 heavy (non-hydrogen) atoms. The minimum Gasteiger partial charge on any atom is -0.490 e. The Morgan fingerprint density at radius 2 is 2.22 bits per heavy atom. The summed E-state index contributed by atoms with van der Waals surface area (Å²) in [4.78, 5) is 29.2. The number of fused-ring (bicyclic) bond motifs is 1. The zero-order valence-corrected chi connectivity index (χ0v) is 15.7. The summed E-state index contributed by atoms with van der Waals surface area (Å²) in [7, 11) is 1.76. The fraction of sp³-hybridized carbons (Fsp3) is 0.421. The summed E-state index contributed by atoms with van der Waals surface area (Å²) < 4.78 is 11.6. The van der Waals surface area contributed by atoms with Crippen LogP contribution in [-0.2, 0) is 0 Å². The third-order valence-electron chi connectivity index (χ3n) is 4.33. The number of rotatable bonds is 7. The van der Waals surface area contributed by atoms with Crippen LogP contribution in [0.5, 0.6) is 11.6 Å². The number of carbonyl (C=O) groups is 2. The summed E-state index contributed by atoms with van der Waals surface area (Å²) in [6.07, 6.45) is 2.18. The first kappa shape index (κ1) is 18.8. The van der Waals surface area contributed by atoms with Gasteiger partial charge in [0.05, 0.1) is 24.3 Å². The van der Waals surface area contributed by atoms with Crippen molar-refractivity contribution in [1.29, 1.82) is 0 Å². The van der Waals surface area contributed by atoms with Gasteiger partial charge in [0.25, 0.3) is 5.91 Å². The molecule has 0 aliphatic carbocycles. The van der Waals surface area contributed by atoms with Gasteiger partial charge in [0.1, 0.15) is 5.75 Å². The first-order valence-electron chi connectivity index (χ1n) is 8.88. The third-order valence-corrected chi connectivity index (χ3v) is 4.33. The molecular weight excluding hydrogens is 348 g/mol. The van der Waals surface area contributed by atoms with Gasteiger partial charge in [-0.25, -0.2) is 9.78 Å². The van der Waals surface area contributed by atoms with Crippen LogP contribution in [0.4, 0.5) is 4.79 Å². The lowest BCUT2D eigenvalue weighted by atomic mass is 10.1. The van der Waals surface area contributed by atoms with Crippen molar-refractivity contribution in [3.8, 4) is 11.6 Å². The van der Waals surface area contributed by atoms with E-state index in [4.69, 9.17) is 15.2 Å². The molecule has 1 aliphatic rings. The zero-order valence-electron chi connectivity index (χ0n) is 15.7. The highest BCUT2D eigenvalue weighted by atomic mass is 16.5. The first-order chi connectivity index (χ1) is 12.8. The Morgan fingerprint density at radius 3 is 2.85 bits per heavy atom. The number of amides is 3. The number of likely N-dealkylation sites (N-methyl/N-ethyl adjacent to an activating group) is 1. The average Bonchev–Trinajstić information content (AvgIpc) is 2.92. The number of nitrogens with one attached hydrogen (secondary N) is 1. The van der Waals surface area contributed by atoms with Gasteiger partial charge < -0.3 is 25.4 Å². The molecule has 3 rings (SSSR count). The minimum absolute atomic E-state index is 0.0544. The molecule has 1 aliphatic heterocycles. The van der Waals surface area contributed by atoms with E-state index < -0.39 is 5.91 Å². The van der Waals surface area contributed by atoms with Gasteiger partial charge >= 0.3 is 6.03 Å². The molecule has 0 spiro atoms. The molecule has 0 saturated carbocycles. The molecule has 3 N–H and O–H groups in total. The molecule has 1 atom stereocenters. The lowest BCUT2D eigenvalue weighted by molar-refractivity contribution is 0.0994. The molecule has 3 amide bonds. The Balaban J connectivity index is 1.81. The average molecular weight is 372 g/mol. The van der Waals surface area contributed by atoms with Crippen molar-refractivity contribution in [2.24, 2.45) is 5.73 Å². The van der Waals surface area contributed by atoms with Crippen molar-refractivity contribution < 1.29 is 19.1 Å². The molecule has 8 heteroatoms. The standard InChI is InChI=1S/C19H24N4O4/c1-11(2)27-16-9-14-12(8-15(16)17(20)24)4-6-21-18(14)26-7-5-13-10-23(3)19(25)22-13/h4,6,8-9,11,13H,5,7,10H2,1-3H3,(H2,20,24)(H,22,25)/t13-/m1/s1. The van der Waals surface area contributed by atoms with E-state index in [-0.39, 0.29) is 18.2 Å².